The van der Waals surface area contributed by atoms with Gasteiger partial charge in [0.2, 0.25) is 0 Å². The predicted octanol–water partition coefficient (Wildman–Crippen LogP) is 3.66. The van der Waals surface area contributed by atoms with Gasteiger partial charge in [0.1, 0.15) is 5.02 Å². The number of thioether (sulfide) groups is 1. The van der Waals surface area contributed by atoms with Crippen LogP contribution in [0.25, 0.3) is 0 Å². The summed E-state index contributed by atoms with van der Waals surface area (Å²) in [5, 5.41) is 11.6. The molecule has 1 aromatic rings. The van der Waals surface area contributed by atoms with Crippen LogP contribution >= 0.6 is 23.4 Å². The molecule has 1 aliphatic rings. The van der Waals surface area contributed by atoms with Crippen molar-refractivity contribution < 1.29 is 9.66 Å². The minimum Gasteiger partial charge on any atom is -0.381 e. The van der Waals surface area contributed by atoms with Gasteiger partial charge in [-0.05, 0) is 24.5 Å². The van der Waals surface area contributed by atoms with E-state index in [1.54, 1.807) is 12.1 Å². The number of rotatable bonds is 4. The van der Waals surface area contributed by atoms with E-state index in [1.165, 1.54) is 0 Å². The maximum atomic E-state index is 10.8. The first-order chi connectivity index (χ1) is 8.66. The second-order valence-electron chi connectivity index (χ2n) is 4.17. The highest BCUT2D eigenvalue weighted by Gasteiger charge is 2.16. The SMILES string of the molecule is O=[N+]([O-])c1cc(CSC2CCOCC2)ccc1Cl. The molecule has 0 aromatic heterocycles. The lowest BCUT2D eigenvalue weighted by atomic mass is 10.2. The van der Waals surface area contributed by atoms with Gasteiger partial charge < -0.3 is 4.74 Å². The van der Waals surface area contributed by atoms with E-state index < -0.39 is 4.92 Å². The average molecular weight is 288 g/mol. The van der Waals surface area contributed by atoms with Crippen LogP contribution < -0.4 is 0 Å². The Bertz CT molecular complexity index is 435. The van der Waals surface area contributed by atoms with Crippen LogP contribution in [-0.2, 0) is 10.5 Å². The second-order valence-corrected chi connectivity index (χ2v) is 5.86. The predicted molar refractivity (Wildman–Crippen MR) is 73.2 cm³/mol. The van der Waals surface area contributed by atoms with Crippen LogP contribution in [0, 0.1) is 10.1 Å². The average Bonchev–Trinajstić information content (AvgIpc) is 2.38. The molecule has 0 aliphatic carbocycles. The molecule has 0 amide bonds. The molecule has 4 nitrogen and oxygen atoms in total. The van der Waals surface area contributed by atoms with Crippen molar-refractivity contribution in [2.45, 2.75) is 23.8 Å². The lowest BCUT2D eigenvalue weighted by molar-refractivity contribution is -0.384. The number of hydrogen-bond acceptors (Lipinski definition) is 4. The van der Waals surface area contributed by atoms with E-state index >= 15 is 0 Å². The van der Waals surface area contributed by atoms with Crippen molar-refractivity contribution in [3.8, 4) is 0 Å². The van der Waals surface area contributed by atoms with E-state index in [-0.39, 0.29) is 10.7 Å². The second kappa shape index (κ2) is 6.41. The minimum atomic E-state index is -0.440. The number of halogens is 1. The summed E-state index contributed by atoms with van der Waals surface area (Å²) in [7, 11) is 0. The van der Waals surface area contributed by atoms with Gasteiger partial charge in [0.15, 0.2) is 0 Å². The molecule has 6 heteroatoms. The number of benzene rings is 1. The molecule has 0 radical (unpaired) electrons. The monoisotopic (exact) mass is 287 g/mol. The molecular weight excluding hydrogens is 274 g/mol. The van der Waals surface area contributed by atoms with Crippen LogP contribution in [0.1, 0.15) is 18.4 Å². The summed E-state index contributed by atoms with van der Waals surface area (Å²) in [4.78, 5) is 10.3. The van der Waals surface area contributed by atoms with Gasteiger partial charge in [-0.15, -0.1) is 0 Å². The standard InChI is InChI=1S/C12H14ClNO3S/c13-11-2-1-9(7-12(11)14(15)16)8-18-10-3-5-17-6-4-10/h1-2,7,10H,3-6,8H2. The Morgan fingerprint density at radius 2 is 2.17 bits per heavy atom. The zero-order valence-corrected chi connectivity index (χ0v) is 11.4. The molecule has 2 rings (SSSR count). The molecule has 0 bridgehead atoms. The van der Waals surface area contributed by atoms with Crippen LogP contribution in [0.4, 0.5) is 5.69 Å². The van der Waals surface area contributed by atoms with E-state index in [0.717, 1.165) is 37.4 Å². The molecule has 1 aliphatic heterocycles. The highest BCUT2D eigenvalue weighted by Crippen LogP contribution is 2.30. The van der Waals surface area contributed by atoms with Crippen molar-refractivity contribution in [3.05, 3.63) is 38.9 Å². The molecule has 1 fully saturated rings. The Morgan fingerprint density at radius 1 is 1.44 bits per heavy atom. The zero-order chi connectivity index (χ0) is 13.0. The fourth-order valence-corrected chi connectivity index (χ4v) is 3.16. The van der Waals surface area contributed by atoms with Crippen molar-refractivity contribution in [1.82, 2.24) is 0 Å². The van der Waals surface area contributed by atoms with E-state index in [9.17, 15) is 10.1 Å². The van der Waals surface area contributed by atoms with Gasteiger partial charge in [0, 0.05) is 30.3 Å². The molecule has 0 saturated carbocycles. The molecule has 1 aromatic carbocycles. The van der Waals surface area contributed by atoms with Crippen LogP contribution in [0.15, 0.2) is 18.2 Å². The Morgan fingerprint density at radius 3 is 2.83 bits per heavy atom. The lowest BCUT2D eigenvalue weighted by Crippen LogP contribution is -2.17. The quantitative estimate of drug-likeness (QED) is 0.626. The number of nitro benzene ring substituents is 1. The van der Waals surface area contributed by atoms with E-state index in [2.05, 4.69) is 0 Å². The van der Waals surface area contributed by atoms with Crippen molar-refractivity contribution in [1.29, 1.82) is 0 Å². The third-order valence-corrected chi connectivity index (χ3v) is 4.62. The molecule has 1 heterocycles. The number of hydrogen-bond donors (Lipinski definition) is 0. The molecule has 0 atom stereocenters. The summed E-state index contributed by atoms with van der Waals surface area (Å²) >= 11 is 7.61. The molecule has 98 valence electrons. The van der Waals surface area contributed by atoms with Crippen molar-refractivity contribution in [2.75, 3.05) is 13.2 Å². The molecule has 18 heavy (non-hydrogen) atoms. The summed E-state index contributed by atoms with van der Waals surface area (Å²) < 4.78 is 5.30. The van der Waals surface area contributed by atoms with Crippen LogP contribution in [0.2, 0.25) is 5.02 Å². The third-order valence-electron chi connectivity index (χ3n) is 2.86. The Labute approximate surface area is 115 Å². The van der Waals surface area contributed by atoms with Crippen LogP contribution in [0.5, 0.6) is 0 Å². The zero-order valence-electron chi connectivity index (χ0n) is 9.80. The fourth-order valence-electron chi connectivity index (χ4n) is 1.84. The van der Waals surface area contributed by atoms with Crippen molar-refractivity contribution >= 4 is 29.1 Å². The van der Waals surface area contributed by atoms with E-state index in [4.69, 9.17) is 16.3 Å². The topological polar surface area (TPSA) is 52.4 Å². The van der Waals surface area contributed by atoms with Gasteiger partial charge in [0.05, 0.1) is 4.92 Å². The van der Waals surface area contributed by atoms with Crippen LogP contribution in [0.3, 0.4) is 0 Å². The van der Waals surface area contributed by atoms with Gasteiger partial charge in [-0.3, -0.25) is 10.1 Å². The van der Waals surface area contributed by atoms with Crippen molar-refractivity contribution in [3.63, 3.8) is 0 Å². The van der Waals surface area contributed by atoms with Gasteiger partial charge in [-0.1, -0.05) is 17.7 Å². The van der Waals surface area contributed by atoms with Gasteiger partial charge >= 0.3 is 0 Å². The first-order valence-corrected chi connectivity index (χ1v) is 7.21. The molecule has 0 spiro atoms. The number of nitrogens with zero attached hydrogens (tertiary/aromatic N) is 1. The van der Waals surface area contributed by atoms with E-state index in [0.29, 0.717) is 5.25 Å². The Hall–Kier alpha value is -0.780. The molecule has 1 saturated heterocycles. The first kappa shape index (κ1) is 13.6. The van der Waals surface area contributed by atoms with Crippen LogP contribution in [-0.4, -0.2) is 23.4 Å². The first-order valence-electron chi connectivity index (χ1n) is 5.79. The largest absolute Gasteiger partial charge is 0.381 e. The summed E-state index contributed by atoms with van der Waals surface area (Å²) in [5.41, 5.74) is 0.935. The Kier molecular flexibility index (Phi) is 4.86. The maximum absolute atomic E-state index is 10.8. The van der Waals surface area contributed by atoms with Gasteiger partial charge in [-0.2, -0.15) is 11.8 Å². The summed E-state index contributed by atoms with van der Waals surface area (Å²) in [6.45, 7) is 1.64. The summed E-state index contributed by atoms with van der Waals surface area (Å²) in [6.07, 6.45) is 2.11. The van der Waals surface area contributed by atoms with Gasteiger partial charge in [0.25, 0.3) is 5.69 Å². The fraction of sp³-hybridized carbons (Fsp3) is 0.500. The highest BCUT2D eigenvalue weighted by atomic mass is 35.5. The smallest absolute Gasteiger partial charge is 0.288 e. The molecule has 0 N–H and O–H groups in total. The molecule has 0 unspecified atom stereocenters. The minimum absolute atomic E-state index is 0.0123. The van der Waals surface area contributed by atoms with Gasteiger partial charge in [-0.25, -0.2) is 0 Å². The van der Waals surface area contributed by atoms with E-state index in [1.807, 2.05) is 17.8 Å². The third kappa shape index (κ3) is 3.60. The maximum Gasteiger partial charge on any atom is 0.288 e. The summed E-state index contributed by atoms with van der Waals surface area (Å²) in [5.74, 6) is 0.780. The highest BCUT2D eigenvalue weighted by molar-refractivity contribution is 7.99. The normalized spacial score (nSPS) is 16.7. The summed E-state index contributed by atoms with van der Waals surface area (Å²) in [6, 6.07) is 5.01. The number of ether oxygens (including phenoxy) is 1. The van der Waals surface area contributed by atoms with Crippen molar-refractivity contribution in [2.24, 2.45) is 0 Å². The number of nitro groups is 1. The lowest BCUT2D eigenvalue weighted by Gasteiger charge is -2.21. The molecular formula is C12H14ClNO3S. The Balaban J connectivity index is 1.96.